The summed E-state index contributed by atoms with van der Waals surface area (Å²) in [5.41, 5.74) is 1.78. The monoisotopic (exact) mass is 391 g/mol. The molecule has 1 aromatic heterocycles. The molecule has 0 bridgehead atoms. The Hall–Kier alpha value is -2.34. The van der Waals surface area contributed by atoms with E-state index in [0.29, 0.717) is 22.3 Å². The van der Waals surface area contributed by atoms with Gasteiger partial charge in [-0.25, -0.2) is 18.6 Å². The molecule has 0 N–H and O–H groups in total. The first-order valence-electron chi connectivity index (χ1n) is 7.06. The number of methoxy groups -OCH3 is 1. The van der Waals surface area contributed by atoms with Crippen molar-refractivity contribution in [2.45, 2.75) is 6.43 Å². The summed E-state index contributed by atoms with van der Waals surface area (Å²) in [6.07, 6.45) is -2.55. The molecule has 0 aliphatic heterocycles. The number of nitrogens with zero attached hydrogens (tertiary/aromatic N) is 1. The summed E-state index contributed by atoms with van der Waals surface area (Å²) in [6.45, 7) is 0. The molecule has 0 amide bonds. The van der Waals surface area contributed by atoms with Crippen molar-refractivity contribution in [3.8, 4) is 11.3 Å². The van der Waals surface area contributed by atoms with Crippen LogP contribution in [0.2, 0.25) is 0 Å². The van der Waals surface area contributed by atoms with Crippen LogP contribution in [0.3, 0.4) is 0 Å². The topological polar surface area (TPSA) is 39.2 Å². The summed E-state index contributed by atoms with van der Waals surface area (Å²) in [5.74, 6) is -0.507. The van der Waals surface area contributed by atoms with E-state index in [2.05, 4.69) is 20.9 Å². The van der Waals surface area contributed by atoms with Crippen molar-refractivity contribution < 1.29 is 18.3 Å². The number of rotatable bonds is 3. The third-order valence-electron chi connectivity index (χ3n) is 3.60. The minimum atomic E-state index is -2.55. The van der Waals surface area contributed by atoms with Crippen LogP contribution in [-0.4, -0.2) is 18.1 Å². The van der Waals surface area contributed by atoms with E-state index in [4.69, 9.17) is 4.74 Å². The first-order valence-corrected chi connectivity index (χ1v) is 7.86. The molecule has 1 heterocycles. The molecule has 0 aliphatic rings. The van der Waals surface area contributed by atoms with Crippen LogP contribution in [0.15, 0.2) is 53.0 Å². The fraction of sp³-hybridized carbons (Fsp3) is 0.111. The Bertz CT molecular complexity index is 928. The molecule has 0 aliphatic carbocycles. The maximum Gasteiger partial charge on any atom is 0.340 e. The highest BCUT2D eigenvalue weighted by atomic mass is 79.9. The first-order chi connectivity index (χ1) is 11.5. The predicted octanol–water partition coefficient (Wildman–Crippen LogP) is 5.39. The van der Waals surface area contributed by atoms with Crippen LogP contribution in [0.4, 0.5) is 8.78 Å². The van der Waals surface area contributed by atoms with E-state index in [1.54, 1.807) is 30.3 Å². The smallest absolute Gasteiger partial charge is 0.340 e. The second-order valence-electron chi connectivity index (χ2n) is 5.14. The number of ether oxygens (including phenoxy) is 1. The number of halogens is 3. The average Bonchev–Trinajstić information content (AvgIpc) is 2.60. The SMILES string of the molecule is COC(=O)c1cc(Br)cc2ccc(-c3cccc(C(F)F)c3)nc12. The number of aromatic nitrogens is 1. The first kappa shape index (κ1) is 16.5. The highest BCUT2D eigenvalue weighted by Gasteiger charge is 2.15. The second kappa shape index (κ2) is 6.65. The Morgan fingerprint density at radius 2 is 1.96 bits per heavy atom. The zero-order chi connectivity index (χ0) is 17.3. The number of carbonyl (C=O) groups is 1. The van der Waals surface area contributed by atoms with Gasteiger partial charge < -0.3 is 4.74 Å². The van der Waals surface area contributed by atoms with Crippen molar-refractivity contribution in [3.05, 3.63) is 64.1 Å². The van der Waals surface area contributed by atoms with Crippen molar-refractivity contribution in [1.82, 2.24) is 4.98 Å². The van der Waals surface area contributed by atoms with E-state index in [0.717, 1.165) is 9.86 Å². The standard InChI is InChI=1S/C18H12BrF2NO2/c1-24-18(23)14-9-13(19)8-11-5-6-15(22-16(11)14)10-3-2-4-12(7-10)17(20)21/h2-9,17H,1H3. The fourth-order valence-electron chi connectivity index (χ4n) is 2.46. The average molecular weight is 392 g/mol. The molecule has 3 rings (SSSR count). The van der Waals surface area contributed by atoms with Crippen molar-refractivity contribution in [1.29, 1.82) is 0 Å². The van der Waals surface area contributed by atoms with Crippen molar-refractivity contribution in [2.75, 3.05) is 7.11 Å². The van der Waals surface area contributed by atoms with Crippen molar-refractivity contribution in [2.24, 2.45) is 0 Å². The van der Waals surface area contributed by atoms with Gasteiger partial charge in [0.25, 0.3) is 6.43 Å². The highest BCUT2D eigenvalue weighted by molar-refractivity contribution is 9.10. The summed E-state index contributed by atoms with van der Waals surface area (Å²) in [5, 5.41) is 0.749. The minimum absolute atomic E-state index is 0.0709. The number of fused-ring (bicyclic) bond motifs is 1. The van der Waals surface area contributed by atoms with Gasteiger partial charge in [-0.2, -0.15) is 0 Å². The minimum Gasteiger partial charge on any atom is -0.465 e. The lowest BCUT2D eigenvalue weighted by molar-refractivity contribution is 0.0602. The van der Waals surface area contributed by atoms with Gasteiger partial charge in [-0.1, -0.05) is 40.2 Å². The molecule has 122 valence electrons. The van der Waals surface area contributed by atoms with Crippen LogP contribution in [-0.2, 0) is 4.74 Å². The van der Waals surface area contributed by atoms with Gasteiger partial charge in [-0.15, -0.1) is 0 Å². The van der Waals surface area contributed by atoms with Crippen LogP contribution in [0.5, 0.6) is 0 Å². The Morgan fingerprint density at radius 3 is 2.67 bits per heavy atom. The lowest BCUT2D eigenvalue weighted by atomic mass is 10.0. The summed E-state index contributed by atoms with van der Waals surface area (Å²) in [6, 6.07) is 13.0. The molecule has 0 radical (unpaired) electrons. The van der Waals surface area contributed by atoms with Crippen LogP contribution >= 0.6 is 15.9 Å². The number of carbonyl (C=O) groups excluding carboxylic acids is 1. The Kier molecular flexibility index (Phi) is 4.57. The number of hydrogen-bond donors (Lipinski definition) is 0. The van der Waals surface area contributed by atoms with E-state index >= 15 is 0 Å². The molecule has 0 saturated heterocycles. The number of esters is 1. The van der Waals surface area contributed by atoms with Gasteiger partial charge in [0.2, 0.25) is 0 Å². The van der Waals surface area contributed by atoms with Crippen molar-refractivity contribution >= 4 is 32.8 Å². The summed E-state index contributed by atoms with van der Waals surface area (Å²) in [7, 11) is 1.30. The zero-order valence-electron chi connectivity index (χ0n) is 12.6. The maximum atomic E-state index is 12.9. The van der Waals surface area contributed by atoms with E-state index in [9.17, 15) is 13.6 Å². The molecule has 0 spiro atoms. The van der Waals surface area contributed by atoms with E-state index in [1.807, 2.05) is 6.07 Å². The van der Waals surface area contributed by atoms with Gasteiger partial charge in [-0.3, -0.25) is 0 Å². The van der Waals surface area contributed by atoms with Gasteiger partial charge in [0.1, 0.15) is 0 Å². The molecule has 3 nitrogen and oxygen atoms in total. The fourth-order valence-corrected chi connectivity index (χ4v) is 2.93. The van der Waals surface area contributed by atoms with Crippen LogP contribution < -0.4 is 0 Å². The van der Waals surface area contributed by atoms with Gasteiger partial charge >= 0.3 is 5.97 Å². The molecule has 0 saturated carbocycles. The summed E-state index contributed by atoms with van der Waals surface area (Å²) in [4.78, 5) is 16.5. The molecule has 6 heteroatoms. The Morgan fingerprint density at radius 1 is 1.17 bits per heavy atom. The predicted molar refractivity (Wildman–Crippen MR) is 91.2 cm³/mol. The molecular weight excluding hydrogens is 380 g/mol. The van der Waals surface area contributed by atoms with Gasteiger partial charge in [0.15, 0.2) is 0 Å². The molecule has 0 fully saturated rings. The quantitative estimate of drug-likeness (QED) is 0.562. The van der Waals surface area contributed by atoms with E-state index in [1.165, 1.54) is 19.2 Å². The third kappa shape index (κ3) is 3.14. The van der Waals surface area contributed by atoms with Crippen molar-refractivity contribution in [3.63, 3.8) is 0 Å². The lowest BCUT2D eigenvalue weighted by Crippen LogP contribution is -2.03. The van der Waals surface area contributed by atoms with Crippen LogP contribution in [0.25, 0.3) is 22.2 Å². The lowest BCUT2D eigenvalue weighted by Gasteiger charge is -2.09. The van der Waals surface area contributed by atoms with Gasteiger partial charge in [0.05, 0.1) is 23.9 Å². The molecule has 24 heavy (non-hydrogen) atoms. The molecule has 0 atom stereocenters. The maximum absolute atomic E-state index is 12.9. The Balaban J connectivity index is 2.19. The van der Waals surface area contributed by atoms with Gasteiger partial charge in [-0.05, 0) is 24.3 Å². The number of benzene rings is 2. The molecule has 0 unspecified atom stereocenters. The third-order valence-corrected chi connectivity index (χ3v) is 4.05. The normalized spacial score (nSPS) is 11.0. The second-order valence-corrected chi connectivity index (χ2v) is 6.05. The summed E-state index contributed by atoms with van der Waals surface area (Å²) >= 11 is 3.35. The molecule has 3 aromatic rings. The number of pyridine rings is 1. The number of alkyl halides is 2. The Labute approximate surface area is 145 Å². The zero-order valence-corrected chi connectivity index (χ0v) is 14.2. The van der Waals surface area contributed by atoms with E-state index < -0.39 is 12.4 Å². The molecular formula is C18H12BrF2NO2. The largest absolute Gasteiger partial charge is 0.465 e. The van der Waals surface area contributed by atoms with Crippen LogP contribution in [0.1, 0.15) is 22.3 Å². The number of hydrogen-bond acceptors (Lipinski definition) is 3. The van der Waals surface area contributed by atoms with E-state index in [-0.39, 0.29) is 5.56 Å². The highest BCUT2D eigenvalue weighted by Crippen LogP contribution is 2.29. The summed E-state index contributed by atoms with van der Waals surface area (Å²) < 4.78 is 31.3. The van der Waals surface area contributed by atoms with Gasteiger partial charge in [0, 0.05) is 21.0 Å². The molecule has 2 aromatic carbocycles. The van der Waals surface area contributed by atoms with Crippen LogP contribution in [0, 0.1) is 0 Å².